The minimum Gasteiger partial charge on any atom is -0.459 e. The van der Waals surface area contributed by atoms with Crippen molar-refractivity contribution in [1.29, 1.82) is 0 Å². The maximum atomic E-state index is 11.8. The second-order valence-electron chi connectivity index (χ2n) is 3.65. The van der Waals surface area contributed by atoms with Crippen LogP contribution in [0.1, 0.15) is 16.1 Å². The van der Waals surface area contributed by atoms with Gasteiger partial charge in [-0.1, -0.05) is 18.2 Å². The van der Waals surface area contributed by atoms with Crippen LogP contribution in [0.25, 0.3) is 11.0 Å². The van der Waals surface area contributed by atoms with Crippen LogP contribution in [0.2, 0.25) is 0 Å². The van der Waals surface area contributed by atoms with E-state index in [1.165, 1.54) is 11.8 Å². The van der Waals surface area contributed by atoms with Gasteiger partial charge in [0.15, 0.2) is 0 Å². The van der Waals surface area contributed by atoms with Gasteiger partial charge >= 0.3 is 0 Å². The largest absolute Gasteiger partial charge is 0.459 e. The van der Waals surface area contributed by atoms with E-state index in [0.717, 1.165) is 5.39 Å². The number of para-hydroxylation sites is 1. The number of furan rings is 1. The summed E-state index contributed by atoms with van der Waals surface area (Å²) in [6, 6.07) is 7.32. The van der Waals surface area contributed by atoms with Gasteiger partial charge in [0.2, 0.25) is 0 Å². The Morgan fingerprint density at radius 3 is 2.94 bits per heavy atom. The molecule has 0 atom stereocenters. The summed E-state index contributed by atoms with van der Waals surface area (Å²) in [5.74, 6) is 6.53. The lowest BCUT2D eigenvalue weighted by atomic mass is 10.1. The highest BCUT2D eigenvalue weighted by molar-refractivity contribution is 7.98. The maximum Gasteiger partial charge on any atom is 0.269 e. The Bertz CT molecular complexity index is 553. The second kappa shape index (κ2) is 5.90. The number of benzene rings is 1. The van der Waals surface area contributed by atoms with E-state index in [1.807, 2.05) is 24.3 Å². The van der Waals surface area contributed by atoms with Crippen molar-refractivity contribution in [2.75, 3.05) is 12.4 Å². The number of nitrogen functional groups attached to an aromatic ring is 1. The van der Waals surface area contributed by atoms with Gasteiger partial charge in [0.25, 0.3) is 5.91 Å². The molecule has 0 spiro atoms. The molecule has 0 unspecified atom stereocenters. The number of nitrogens with two attached hydrogens (primary N) is 1. The third kappa shape index (κ3) is 2.50. The monoisotopic (exact) mass is 266 g/mol. The Kier molecular flexibility index (Phi) is 4.24. The van der Waals surface area contributed by atoms with Crippen molar-refractivity contribution in [2.24, 2.45) is 5.84 Å². The minimum atomic E-state index is -0.362. The molecule has 0 fully saturated rings. The average molecular weight is 266 g/mol. The quantitative estimate of drug-likeness (QED) is 0.328. The number of hydrogen-bond donors (Lipinski definition) is 3. The molecule has 0 radical (unpaired) electrons. The summed E-state index contributed by atoms with van der Waals surface area (Å²) in [6.07, 6.45) is 0. The van der Waals surface area contributed by atoms with Gasteiger partial charge in [-0.2, -0.15) is 11.8 Å². The zero-order valence-electron chi connectivity index (χ0n) is 9.68. The molecule has 1 aromatic carbocycles. The fraction of sp³-hybridized carbons (Fsp3) is 0.250. The first-order valence-corrected chi connectivity index (χ1v) is 6.63. The third-order valence-corrected chi connectivity index (χ3v) is 3.43. The number of rotatable bonds is 5. The Labute approximate surface area is 108 Å². The van der Waals surface area contributed by atoms with Gasteiger partial charge in [-0.15, -0.1) is 0 Å². The lowest BCUT2D eigenvalue weighted by molar-refractivity contribution is 0.0953. The number of nitrogens with one attached hydrogen (secondary N) is 1. The third-order valence-electron chi connectivity index (χ3n) is 2.50. The van der Waals surface area contributed by atoms with E-state index in [0.29, 0.717) is 28.4 Å². The molecule has 2 aromatic rings. The minimum absolute atomic E-state index is 0.101. The fourth-order valence-electron chi connectivity index (χ4n) is 1.75. The van der Waals surface area contributed by atoms with E-state index < -0.39 is 0 Å². The van der Waals surface area contributed by atoms with Crippen LogP contribution in [-0.2, 0) is 5.75 Å². The Morgan fingerprint density at radius 2 is 2.22 bits per heavy atom. The highest BCUT2D eigenvalue weighted by atomic mass is 32.2. The molecule has 4 N–H and O–H groups in total. The number of fused-ring (bicyclic) bond motifs is 1. The predicted molar refractivity (Wildman–Crippen MR) is 71.1 cm³/mol. The molecule has 1 heterocycles. The number of carbonyl (C=O) groups is 1. The molecule has 18 heavy (non-hydrogen) atoms. The van der Waals surface area contributed by atoms with Gasteiger partial charge in [-0.25, -0.2) is 5.84 Å². The number of amides is 1. The standard InChI is InChI=1S/C12H14N2O3S/c13-14-12(16)11-8-3-1-2-4-9(8)17-10(11)7-18-6-5-15/h1-4,15H,5-7,13H2,(H,14,16). The molecule has 1 aromatic heterocycles. The van der Waals surface area contributed by atoms with Crippen molar-refractivity contribution >= 4 is 28.6 Å². The van der Waals surface area contributed by atoms with Crippen molar-refractivity contribution in [3.05, 3.63) is 35.6 Å². The second-order valence-corrected chi connectivity index (χ2v) is 4.75. The summed E-state index contributed by atoms with van der Waals surface area (Å²) in [5, 5.41) is 9.51. The van der Waals surface area contributed by atoms with E-state index in [1.54, 1.807) is 0 Å². The molecule has 0 saturated heterocycles. The molecular weight excluding hydrogens is 252 g/mol. The lowest BCUT2D eigenvalue weighted by Crippen LogP contribution is -2.30. The summed E-state index contributed by atoms with van der Waals surface area (Å²) in [7, 11) is 0. The summed E-state index contributed by atoms with van der Waals surface area (Å²) >= 11 is 1.50. The molecule has 0 aliphatic rings. The molecular formula is C12H14N2O3S. The normalized spacial score (nSPS) is 10.8. The zero-order chi connectivity index (χ0) is 13.0. The molecule has 0 bridgehead atoms. The molecule has 2 rings (SSSR count). The van der Waals surface area contributed by atoms with E-state index in [9.17, 15) is 4.79 Å². The molecule has 6 heteroatoms. The van der Waals surface area contributed by atoms with Crippen molar-refractivity contribution in [3.63, 3.8) is 0 Å². The fourth-order valence-corrected chi connectivity index (χ4v) is 2.41. The molecule has 5 nitrogen and oxygen atoms in total. The molecule has 0 saturated carbocycles. The van der Waals surface area contributed by atoms with E-state index in [-0.39, 0.29) is 12.5 Å². The summed E-state index contributed by atoms with van der Waals surface area (Å²) in [4.78, 5) is 11.8. The highest BCUT2D eigenvalue weighted by Crippen LogP contribution is 2.28. The maximum absolute atomic E-state index is 11.8. The molecule has 96 valence electrons. The van der Waals surface area contributed by atoms with Gasteiger partial charge in [0, 0.05) is 11.1 Å². The topological polar surface area (TPSA) is 88.5 Å². The lowest BCUT2D eigenvalue weighted by Gasteiger charge is -2.01. The van der Waals surface area contributed by atoms with Crippen molar-refractivity contribution in [2.45, 2.75) is 5.75 Å². The zero-order valence-corrected chi connectivity index (χ0v) is 10.5. The van der Waals surface area contributed by atoms with Crippen LogP contribution < -0.4 is 11.3 Å². The number of hydrazine groups is 1. The Morgan fingerprint density at radius 1 is 1.44 bits per heavy atom. The van der Waals surface area contributed by atoms with Crippen LogP contribution in [0.4, 0.5) is 0 Å². The Balaban J connectivity index is 2.40. The predicted octanol–water partition coefficient (Wildman–Crippen LogP) is 1.26. The van der Waals surface area contributed by atoms with Gasteiger partial charge in [0.1, 0.15) is 11.3 Å². The summed E-state index contributed by atoms with van der Waals surface area (Å²) < 4.78 is 5.65. The number of hydrogen-bond acceptors (Lipinski definition) is 5. The van der Waals surface area contributed by atoms with Crippen LogP contribution in [0.5, 0.6) is 0 Å². The van der Waals surface area contributed by atoms with Crippen LogP contribution >= 0.6 is 11.8 Å². The summed E-state index contributed by atoms with van der Waals surface area (Å²) in [6.45, 7) is 0.101. The van der Waals surface area contributed by atoms with Gasteiger partial charge < -0.3 is 9.52 Å². The molecule has 0 aliphatic carbocycles. The first-order chi connectivity index (χ1) is 8.77. The number of aliphatic hydroxyl groups is 1. The van der Waals surface area contributed by atoms with Crippen LogP contribution in [0.3, 0.4) is 0 Å². The van der Waals surface area contributed by atoms with Crippen molar-refractivity contribution < 1.29 is 14.3 Å². The van der Waals surface area contributed by atoms with E-state index in [4.69, 9.17) is 15.4 Å². The smallest absolute Gasteiger partial charge is 0.269 e. The van der Waals surface area contributed by atoms with Crippen LogP contribution in [0.15, 0.2) is 28.7 Å². The van der Waals surface area contributed by atoms with E-state index >= 15 is 0 Å². The summed E-state index contributed by atoms with van der Waals surface area (Å²) in [5.41, 5.74) is 3.27. The first kappa shape index (κ1) is 12.9. The highest BCUT2D eigenvalue weighted by Gasteiger charge is 2.19. The van der Waals surface area contributed by atoms with Crippen LogP contribution in [-0.4, -0.2) is 23.4 Å². The van der Waals surface area contributed by atoms with Gasteiger partial charge in [-0.3, -0.25) is 10.2 Å². The first-order valence-electron chi connectivity index (χ1n) is 5.48. The average Bonchev–Trinajstić information content (AvgIpc) is 2.76. The van der Waals surface area contributed by atoms with Crippen molar-refractivity contribution in [3.8, 4) is 0 Å². The van der Waals surface area contributed by atoms with E-state index in [2.05, 4.69) is 5.43 Å². The Hall–Kier alpha value is -1.50. The number of aliphatic hydroxyl groups excluding tert-OH is 1. The number of carbonyl (C=O) groups excluding carboxylic acids is 1. The van der Waals surface area contributed by atoms with Gasteiger partial charge in [0.05, 0.1) is 17.9 Å². The SMILES string of the molecule is NNC(=O)c1c(CSCCO)oc2ccccc12. The number of thioether (sulfide) groups is 1. The van der Waals surface area contributed by atoms with Crippen LogP contribution in [0, 0.1) is 0 Å². The molecule has 1 amide bonds. The van der Waals surface area contributed by atoms with Gasteiger partial charge in [-0.05, 0) is 6.07 Å². The van der Waals surface area contributed by atoms with Crippen molar-refractivity contribution in [1.82, 2.24) is 5.43 Å². The molecule has 0 aliphatic heterocycles.